The van der Waals surface area contributed by atoms with Crippen molar-refractivity contribution in [1.29, 1.82) is 0 Å². The number of aliphatic hydroxyl groups excluding tert-OH is 2. The number of esters is 2. The molecular weight excluding hydrogens is 2130 g/mol. The molecule has 0 bridgehead atoms. The summed E-state index contributed by atoms with van der Waals surface area (Å²) in [7, 11) is -6.72. The van der Waals surface area contributed by atoms with Crippen molar-refractivity contribution in [3.8, 4) is 0 Å². The standard InChI is InChI=1S/C17H20ClNO3S.C11H14ClNO.C10H13Cl2N.C10H14ClNO.C10H12ClN.C9H16O3.C7H14ClN2.C5H7O3.C5H10O2.3C4H8O.C2H6O.CH2Cl2.F6P.K.Na.H2O.H/c1-4-13(3)17-14(9-15(18)10-19-17)11-22-23(20,21)16-7-5-12(2)6-8-16;1-4-7(2)11-10(8(3)14)5-9(12)6-13-11;1-3-7(2)10-8(5-11)4-9(12)6-13-10;1-3-7(2)10-8(6-13)4-9(11)5-12-10;1-2-7-3-4-8-5-9(11)6-12-10(7)8;1-4-7(3)8(10)6-9(11)12-5-2;1-9(2)5-7(8)6-10(3)4;1-2-8-5(7)3-4-6;1-3-4(2)5(6)7;3*1-2-4-5-3-1;1-2-3;2-1-3;1-7(2,3,4,5)6;;;;/h5-10,13H,4,11H2,1-3H3;5-7H,4H2,1-3H3;4,6-7H,3,5H2,1-2H3;4-5,7,13H,3,6H2,1-2H3;5-7H,2-4H2,1H3;7H,4-6H2,1-3H3;5-6H,1-4H3;2-3H2,1H3;4H,3H2,1-2H3,(H,6,7);3*1-4H2;3H,2H2,1H3;1H2;;;;1H2;/q;;;;;;+1;-1;;;;;;;-1;2*+1;;-1/p-1/t13-;5*7-;;;4-;;;;;;;;;;/m000010..0........../s1. The van der Waals surface area contributed by atoms with E-state index in [4.69, 9.17) is 138 Å². The number of hydrogen-bond acceptors (Lipinski definition) is 23. The Morgan fingerprint density at radius 3 is 1.27 bits per heavy atom. The zero-order valence-corrected chi connectivity index (χ0v) is 101. The SMILES string of the molecule is C1CCOC1.C1CCOC1.C1CCOC1.CCO.CCOC(=O)CC(=O)[C@@H](C)CC.CCOC(=O)C[C-]=O.CC[C@@H]1CCc2cc(Cl)cnc21.CC[C@H](C)C(=O)O.CC[C@H](C)c1ncc(Cl)cc1C(C)=O.CC[C@H](C)c1ncc(Cl)cc1CCl.CC[C@H](C)c1ncc(Cl)cc1CO.CC[C@H](C)c1ncc(Cl)cc1COS(=O)(=O)c1ccc(C)cc1.CN(C)/C=C(\Cl)C=[N+](C)C.ClCCl.F[P-](F)(F)(F)(F)F.[H-].[K+].[Na+].[OH-]. The van der Waals surface area contributed by atoms with Crippen LogP contribution < -0.4 is 80.9 Å². The summed E-state index contributed by atoms with van der Waals surface area (Å²) in [5.74, 6) is 0.628. The number of aromatic nitrogens is 5. The van der Waals surface area contributed by atoms with Crippen LogP contribution in [0.4, 0.5) is 25.2 Å². The minimum absolute atomic E-state index is 0. The largest absolute Gasteiger partial charge is 1.00 e. The molecule has 10 rings (SSSR count). The molecule has 1 aromatic carbocycles. The number of carboxylic acids is 1. The summed E-state index contributed by atoms with van der Waals surface area (Å²) >= 11 is 50.3. The molecule has 3 fully saturated rings. The molecule has 3 aliphatic heterocycles. The number of nitrogens with zero attached hydrogens (tertiary/aromatic N) is 7. The summed E-state index contributed by atoms with van der Waals surface area (Å²) < 4.78 is 115. The molecule has 0 amide bonds. The Balaban J connectivity index is -0.000000198. The third-order valence-corrected chi connectivity index (χ3v) is 22.5. The molecule has 1 aliphatic carbocycles. The van der Waals surface area contributed by atoms with Crippen LogP contribution in [0.25, 0.3) is 0 Å². The Morgan fingerprint density at radius 2 is 0.944 bits per heavy atom. The van der Waals surface area contributed by atoms with Gasteiger partial charge in [0.15, 0.2) is 12.0 Å². The van der Waals surface area contributed by atoms with Gasteiger partial charge in [-0.15, -0.1) is 34.8 Å². The van der Waals surface area contributed by atoms with Gasteiger partial charge in [0.25, 0.3) is 16.1 Å². The number of fused-ring (bicyclic) bond motifs is 1. The van der Waals surface area contributed by atoms with Crippen LogP contribution in [0.1, 0.15) is 318 Å². The minimum atomic E-state index is -10.7. The van der Waals surface area contributed by atoms with Crippen molar-refractivity contribution in [1.82, 2.24) is 29.8 Å². The van der Waals surface area contributed by atoms with Crippen LogP contribution in [0.5, 0.6) is 0 Å². The van der Waals surface area contributed by atoms with Gasteiger partial charge in [-0.1, -0.05) is 184 Å². The number of carboxylic acid groups (broad SMARTS) is 1. The van der Waals surface area contributed by atoms with Gasteiger partial charge in [0, 0.05) is 155 Å². The zero-order chi connectivity index (χ0) is 108. The third kappa shape index (κ3) is 84.8. The summed E-state index contributed by atoms with van der Waals surface area (Å²) in [6.07, 6.45) is 29.7. The maximum Gasteiger partial charge on any atom is 1.00 e. The first kappa shape index (κ1) is 155. The van der Waals surface area contributed by atoms with E-state index in [2.05, 4.69) is 95.8 Å². The van der Waals surface area contributed by atoms with Gasteiger partial charge in [-0.25, -0.2) is 4.58 Å². The van der Waals surface area contributed by atoms with Crippen LogP contribution >= 0.6 is 112 Å². The molecule has 812 valence electrons. The molecule has 7 atom stereocenters. The van der Waals surface area contributed by atoms with Gasteiger partial charge < -0.3 is 55.6 Å². The Morgan fingerprint density at radius 1 is 0.587 bits per heavy atom. The first-order chi connectivity index (χ1) is 65.5. The van der Waals surface area contributed by atoms with Crippen LogP contribution in [0.2, 0.25) is 25.1 Å². The van der Waals surface area contributed by atoms with Crippen molar-refractivity contribution in [2.45, 2.75) is 287 Å². The van der Waals surface area contributed by atoms with Gasteiger partial charge in [-0.3, -0.25) is 59.4 Å². The van der Waals surface area contributed by atoms with Crippen LogP contribution in [0.3, 0.4) is 0 Å². The van der Waals surface area contributed by atoms with Gasteiger partial charge in [0.05, 0.1) is 73.4 Å². The average Bonchev–Trinajstić information content (AvgIpc) is 0.848. The first-order valence-electron chi connectivity index (χ1n) is 46.3. The number of ether oxygens (including phenoxy) is 5. The van der Waals surface area contributed by atoms with E-state index in [0.29, 0.717) is 74.0 Å². The quantitative estimate of drug-likeness (QED) is 0.00351. The number of alkyl halides is 3. The Bertz CT molecular complexity index is 4510. The monoisotopic (exact) mass is 2280 g/mol. The Kier molecular flexibility index (Phi) is 96.4. The van der Waals surface area contributed by atoms with E-state index in [0.717, 1.165) is 134 Å². The number of ketones is 2. The topological polar surface area (TPSA) is 353 Å². The number of benzene rings is 1. The van der Waals surface area contributed by atoms with E-state index in [1.165, 1.54) is 81.0 Å². The predicted octanol–water partition coefficient (Wildman–Crippen LogP) is 22.6. The van der Waals surface area contributed by atoms with Gasteiger partial charge in [-0.05, 0) is 208 Å². The van der Waals surface area contributed by atoms with E-state index >= 15 is 0 Å². The van der Waals surface area contributed by atoms with E-state index in [-0.39, 0.29) is 160 Å². The number of aliphatic hydroxyl groups is 2. The predicted molar refractivity (Wildman–Crippen MR) is 563 cm³/mol. The van der Waals surface area contributed by atoms with E-state index < -0.39 is 35.8 Å². The van der Waals surface area contributed by atoms with Crippen LogP contribution in [-0.2, 0) is 87.5 Å². The maximum absolute atomic E-state index is 12.3. The fraction of sp³-hybridized carbons (Fsp3) is 0.596. The van der Waals surface area contributed by atoms with E-state index in [9.17, 15) is 62.4 Å². The van der Waals surface area contributed by atoms with Crippen molar-refractivity contribution in [2.75, 3.05) is 93.0 Å². The number of allylic oxidation sites excluding steroid dienone is 1. The summed E-state index contributed by atoms with van der Waals surface area (Å²) in [5.41, 5.74) is 10.5. The normalized spacial score (nSPS) is 14.3. The number of carbonyl (C=O) groups excluding carboxylic acids is 5. The van der Waals surface area contributed by atoms with Gasteiger partial charge in [-0.2, -0.15) is 8.42 Å². The summed E-state index contributed by atoms with van der Waals surface area (Å²) in [6.45, 7) is 41.6. The number of halogens is 15. The third-order valence-electron chi connectivity index (χ3n) is 19.7. The number of Topliss-reactive ketones (excluding diaryl/α,β-unsaturated/α-hetero) is 2. The molecule has 0 saturated carbocycles. The average molecular weight is 2290 g/mol. The molecule has 44 heteroatoms. The van der Waals surface area contributed by atoms with Crippen LogP contribution in [0, 0.1) is 18.8 Å². The number of carbonyl (C=O) groups is 5. The smallest absolute Gasteiger partial charge is 1.00 e. The van der Waals surface area contributed by atoms with Crippen molar-refractivity contribution in [3.05, 3.63) is 184 Å². The maximum atomic E-state index is 12.3. The molecule has 0 radical (unpaired) electrons. The second-order valence-corrected chi connectivity index (χ2v) is 39.3. The summed E-state index contributed by atoms with van der Waals surface area (Å²) in [6, 6.07) is 15.7. The number of aliphatic carboxylic acids is 1. The van der Waals surface area contributed by atoms with E-state index in [1.54, 1.807) is 95.9 Å². The van der Waals surface area contributed by atoms with Crippen molar-refractivity contribution >= 4 is 164 Å². The van der Waals surface area contributed by atoms with Crippen molar-refractivity contribution < 1.29 is 198 Å². The molecule has 3 saturated heterocycles. The van der Waals surface area contributed by atoms with Crippen molar-refractivity contribution in [3.63, 3.8) is 0 Å². The number of aryl methyl sites for hydroxylation is 2. The molecule has 0 spiro atoms. The number of rotatable bonds is 28. The summed E-state index contributed by atoms with van der Waals surface area (Å²) in [4.78, 5) is 86.4. The second kappa shape index (κ2) is 89.1. The van der Waals surface area contributed by atoms with Gasteiger partial charge in [0.2, 0.25) is 0 Å². The first-order valence-corrected chi connectivity index (χ1v) is 53.6. The molecule has 25 nitrogen and oxygen atoms in total. The number of pyridine rings is 5. The molecule has 4 N–H and O–H groups in total. The fourth-order valence-electron chi connectivity index (χ4n) is 11.2. The molecule has 0 unspecified atom stereocenters. The second-order valence-electron chi connectivity index (χ2n) is 32.1. The molecule has 8 heterocycles. The molecule has 4 aliphatic rings. The van der Waals surface area contributed by atoms with Gasteiger partial charge in [0.1, 0.15) is 31.3 Å². The van der Waals surface area contributed by atoms with Crippen LogP contribution in [0.15, 0.2) is 102 Å². The van der Waals surface area contributed by atoms with Crippen LogP contribution in [-0.4, -0.2) is 199 Å². The molecule has 143 heavy (non-hydrogen) atoms. The molecule has 6 aromatic rings. The number of hydrogen-bond donors (Lipinski definition) is 3. The minimum Gasteiger partial charge on any atom is -1.00 e. The van der Waals surface area contributed by atoms with E-state index in [1.807, 2.05) is 90.8 Å². The van der Waals surface area contributed by atoms with Gasteiger partial charge >= 0.3 is 126 Å². The molecule has 5 aromatic heterocycles. The zero-order valence-electron chi connectivity index (χ0n) is 88.7. The summed E-state index contributed by atoms with van der Waals surface area (Å²) in [5, 5.41) is 28.7. The Hall–Kier alpha value is -3.47. The van der Waals surface area contributed by atoms with Crippen molar-refractivity contribution in [2.24, 2.45) is 11.8 Å². The molecular formula is C99H154Cl9F6KN7NaO18PS-. The fourth-order valence-corrected chi connectivity index (χ4v) is 13.5. The Labute approximate surface area is 958 Å².